The van der Waals surface area contributed by atoms with Gasteiger partial charge in [-0.2, -0.15) is 0 Å². The highest BCUT2D eigenvalue weighted by Gasteiger charge is 2.05. The number of aromatic nitrogens is 1. The van der Waals surface area contributed by atoms with E-state index in [0.29, 0.717) is 5.92 Å². The average molecular weight is 290 g/mol. The molecule has 0 saturated heterocycles. The van der Waals surface area contributed by atoms with E-state index in [1.807, 2.05) is 12.1 Å². The summed E-state index contributed by atoms with van der Waals surface area (Å²) in [5.74, 6) is 1.42. The van der Waals surface area contributed by atoms with Gasteiger partial charge in [-0.15, -0.1) is 11.3 Å². The van der Waals surface area contributed by atoms with Gasteiger partial charge in [0.25, 0.3) is 0 Å². The van der Waals surface area contributed by atoms with Crippen molar-refractivity contribution in [2.75, 3.05) is 13.7 Å². The van der Waals surface area contributed by atoms with Crippen molar-refractivity contribution in [3.05, 3.63) is 45.9 Å². The van der Waals surface area contributed by atoms with E-state index in [0.717, 1.165) is 25.3 Å². The van der Waals surface area contributed by atoms with Gasteiger partial charge < -0.3 is 10.1 Å². The summed E-state index contributed by atoms with van der Waals surface area (Å²) < 4.78 is 5.15. The first-order chi connectivity index (χ1) is 9.69. The molecule has 108 valence electrons. The summed E-state index contributed by atoms with van der Waals surface area (Å²) in [6, 6.07) is 8.16. The second-order valence-electron chi connectivity index (χ2n) is 5.10. The molecule has 0 amide bonds. The van der Waals surface area contributed by atoms with Crippen molar-refractivity contribution in [2.45, 2.75) is 32.7 Å². The predicted molar refractivity (Wildman–Crippen MR) is 84.6 cm³/mol. The van der Waals surface area contributed by atoms with Crippen molar-refractivity contribution < 1.29 is 4.74 Å². The van der Waals surface area contributed by atoms with Gasteiger partial charge in [0.15, 0.2) is 0 Å². The SMILES string of the molecule is COc1ccc(CNCCc2nc(C(C)C)cs2)cc1. The minimum Gasteiger partial charge on any atom is -0.497 e. The summed E-state index contributed by atoms with van der Waals surface area (Å²) >= 11 is 1.76. The largest absolute Gasteiger partial charge is 0.497 e. The maximum atomic E-state index is 5.15. The van der Waals surface area contributed by atoms with E-state index in [1.54, 1.807) is 18.4 Å². The van der Waals surface area contributed by atoms with Gasteiger partial charge in [0.05, 0.1) is 17.8 Å². The minimum atomic E-state index is 0.521. The molecule has 0 bridgehead atoms. The maximum absolute atomic E-state index is 5.15. The zero-order valence-electron chi connectivity index (χ0n) is 12.3. The Balaban J connectivity index is 1.72. The molecular weight excluding hydrogens is 268 g/mol. The van der Waals surface area contributed by atoms with Gasteiger partial charge in [-0.1, -0.05) is 26.0 Å². The Morgan fingerprint density at radius 2 is 2.00 bits per heavy atom. The van der Waals surface area contributed by atoms with E-state index in [-0.39, 0.29) is 0 Å². The van der Waals surface area contributed by atoms with Gasteiger partial charge in [-0.3, -0.25) is 0 Å². The van der Waals surface area contributed by atoms with Gasteiger partial charge in [-0.05, 0) is 23.6 Å². The smallest absolute Gasteiger partial charge is 0.118 e. The Morgan fingerprint density at radius 1 is 1.25 bits per heavy atom. The Hall–Kier alpha value is -1.39. The molecule has 0 aliphatic carbocycles. The number of hydrogen-bond donors (Lipinski definition) is 1. The topological polar surface area (TPSA) is 34.1 Å². The lowest BCUT2D eigenvalue weighted by molar-refractivity contribution is 0.414. The average Bonchev–Trinajstić information content (AvgIpc) is 2.93. The molecule has 0 unspecified atom stereocenters. The van der Waals surface area contributed by atoms with Crippen LogP contribution in [0, 0.1) is 0 Å². The second kappa shape index (κ2) is 7.41. The summed E-state index contributed by atoms with van der Waals surface area (Å²) in [7, 11) is 1.69. The molecule has 0 aliphatic rings. The van der Waals surface area contributed by atoms with Crippen molar-refractivity contribution in [1.82, 2.24) is 10.3 Å². The zero-order chi connectivity index (χ0) is 14.4. The molecule has 0 fully saturated rings. The molecule has 2 aromatic rings. The van der Waals surface area contributed by atoms with Crippen LogP contribution in [0.4, 0.5) is 0 Å². The monoisotopic (exact) mass is 290 g/mol. The van der Waals surface area contributed by atoms with Gasteiger partial charge in [0.2, 0.25) is 0 Å². The van der Waals surface area contributed by atoms with E-state index in [2.05, 4.69) is 41.7 Å². The van der Waals surface area contributed by atoms with Crippen LogP contribution in [0.25, 0.3) is 0 Å². The highest BCUT2D eigenvalue weighted by Crippen LogP contribution is 2.17. The number of hydrogen-bond acceptors (Lipinski definition) is 4. The van der Waals surface area contributed by atoms with Crippen LogP contribution >= 0.6 is 11.3 Å². The zero-order valence-corrected chi connectivity index (χ0v) is 13.2. The van der Waals surface area contributed by atoms with Crippen LogP contribution in [-0.2, 0) is 13.0 Å². The lowest BCUT2D eigenvalue weighted by atomic mass is 10.2. The molecule has 1 aromatic heterocycles. The standard InChI is InChI=1S/C16H22N2OS/c1-12(2)15-11-20-16(18-15)8-9-17-10-13-4-6-14(19-3)7-5-13/h4-7,11-12,17H,8-10H2,1-3H3. The number of ether oxygens (including phenoxy) is 1. The number of thiazole rings is 1. The second-order valence-corrected chi connectivity index (χ2v) is 6.04. The first kappa shape index (κ1) is 15.0. The van der Waals surface area contributed by atoms with Crippen molar-refractivity contribution in [2.24, 2.45) is 0 Å². The molecule has 0 spiro atoms. The first-order valence-electron chi connectivity index (χ1n) is 6.97. The van der Waals surface area contributed by atoms with Gasteiger partial charge in [0, 0.05) is 24.9 Å². The van der Waals surface area contributed by atoms with Crippen molar-refractivity contribution >= 4 is 11.3 Å². The van der Waals surface area contributed by atoms with Crippen LogP contribution in [0.1, 0.15) is 36.0 Å². The molecule has 0 atom stereocenters. The van der Waals surface area contributed by atoms with Crippen molar-refractivity contribution in [3.63, 3.8) is 0 Å². The van der Waals surface area contributed by atoms with E-state index in [9.17, 15) is 0 Å². The van der Waals surface area contributed by atoms with Crippen LogP contribution in [0.2, 0.25) is 0 Å². The van der Waals surface area contributed by atoms with E-state index in [1.165, 1.54) is 16.3 Å². The fourth-order valence-electron chi connectivity index (χ4n) is 1.88. The summed E-state index contributed by atoms with van der Waals surface area (Å²) in [5.41, 5.74) is 2.48. The highest BCUT2D eigenvalue weighted by atomic mass is 32.1. The summed E-state index contributed by atoms with van der Waals surface area (Å²) in [6.45, 7) is 6.20. The normalized spacial score (nSPS) is 11.0. The molecule has 0 radical (unpaired) electrons. The Kier molecular flexibility index (Phi) is 5.56. The summed E-state index contributed by atoms with van der Waals surface area (Å²) in [6.07, 6.45) is 0.994. The maximum Gasteiger partial charge on any atom is 0.118 e. The molecule has 2 rings (SSSR count). The molecule has 0 aliphatic heterocycles. The fourth-order valence-corrected chi connectivity index (χ4v) is 2.84. The van der Waals surface area contributed by atoms with Crippen LogP contribution in [0.3, 0.4) is 0 Å². The molecule has 1 aromatic carbocycles. The number of nitrogens with zero attached hydrogens (tertiary/aromatic N) is 1. The van der Waals surface area contributed by atoms with E-state index in [4.69, 9.17) is 4.74 Å². The van der Waals surface area contributed by atoms with Crippen LogP contribution in [-0.4, -0.2) is 18.6 Å². The van der Waals surface area contributed by atoms with Crippen molar-refractivity contribution in [3.8, 4) is 5.75 Å². The third-order valence-corrected chi connectivity index (χ3v) is 4.09. The third-order valence-electron chi connectivity index (χ3n) is 3.16. The van der Waals surface area contributed by atoms with Gasteiger partial charge in [-0.25, -0.2) is 4.98 Å². The molecule has 4 heteroatoms. The highest BCUT2D eigenvalue weighted by molar-refractivity contribution is 7.09. The number of methoxy groups -OCH3 is 1. The Bertz CT molecular complexity index is 520. The summed E-state index contributed by atoms with van der Waals surface area (Å²) in [5, 5.41) is 6.84. The van der Waals surface area contributed by atoms with Crippen LogP contribution < -0.4 is 10.1 Å². The molecular formula is C16H22N2OS. The fraction of sp³-hybridized carbons (Fsp3) is 0.438. The van der Waals surface area contributed by atoms with Crippen LogP contribution in [0.5, 0.6) is 5.75 Å². The lowest BCUT2D eigenvalue weighted by Gasteiger charge is -2.05. The van der Waals surface area contributed by atoms with Gasteiger partial charge in [0.1, 0.15) is 5.75 Å². The number of nitrogens with one attached hydrogen (secondary N) is 1. The molecule has 1 N–H and O–H groups in total. The van der Waals surface area contributed by atoms with E-state index >= 15 is 0 Å². The molecule has 3 nitrogen and oxygen atoms in total. The Morgan fingerprint density at radius 3 is 2.60 bits per heavy atom. The number of benzene rings is 1. The molecule has 0 saturated carbocycles. The minimum absolute atomic E-state index is 0.521. The van der Waals surface area contributed by atoms with Gasteiger partial charge >= 0.3 is 0 Å². The lowest BCUT2D eigenvalue weighted by Crippen LogP contribution is -2.16. The predicted octanol–water partition coefficient (Wildman–Crippen LogP) is 3.61. The Labute approximate surface area is 125 Å². The molecule has 20 heavy (non-hydrogen) atoms. The van der Waals surface area contributed by atoms with E-state index < -0.39 is 0 Å². The van der Waals surface area contributed by atoms with Crippen molar-refractivity contribution in [1.29, 1.82) is 0 Å². The van der Waals surface area contributed by atoms with Crippen LogP contribution in [0.15, 0.2) is 29.6 Å². The quantitative estimate of drug-likeness (QED) is 0.791. The molecule has 1 heterocycles. The first-order valence-corrected chi connectivity index (χ1v) is 7.85. The third kappa shape index (κ3) is 4.32. The number of rotatable bonds is 7. The summed E-state index contributed by atoms with van der Waals surface area (Å²) in [4.78, 5) is 4.64.